The van der Waals surface area contributed by atoms with Gasteiger partial charge in [-0.3, -0.25) is 4.79 Å². The van der Waals surface area contributed by atoms with E-state index in [2.05, 4.69) is 45.4 Å². The van der Waals surface area contributed by atoms with E-state index in [1.807, 2.05) is 38.1 Å². The molecule has 0 fully saturated rings. The maximum Gasteiger partial charge on any atom is 0.322 e. The molecule has 0 unspecified atom stereocenters. The van der Waals surface area contributed by atoms with Crippen LogP contribution in [0, 0.1) is 11.8 Å². The number of amides is 3. The van der Waals surface area contributed by atoms with Gasteiger partial charge in [0.25, 0.3) is 5.91 Å². The van der Waals surface area contributed by atoms with E-state index in [9.17, 15) is 9.59 Å². The second kappa shape index (κ2) is 10.6. The lowest BCUT2D eigenvalue weighted by atomic mass is 10.2. The number of nitrogens with one attached hydrogen (secondary N) is 2. The number of benzene rings is 1. The molecule has 8 heteroatoms. The summed E-state index contributed by atoms with van der Waals surface area (Å²) in [7, 11) is 0. The molecule has 0 bridgehead atoms. The standard InChI is InChI=1S/C20H27BrN4O2S/c1-13(2)9-22-19(26)17-12-28-18(24-17)11-25(10-14(3)4)20(27)23-16-7-5-6-15(21)8-16/h5-8,12-14H,9-11H2,1-4H3,(H,22,26)(H,23,27). The molecule has 1 aromatic carbocycles. The highest BCUT2D eigenvalue weighted by Crippen LogP contribution is 2.18. The summed E-state index contributed by atoms with van der Waals surface area (Å²) in [5.41, 5.74) is 1.12. The monoisotopic (exact) mass is 466 g/mol. The fourth-order valence-corrected chi connectivity index (χ4v) is 3.66. The lowest BCUT2D eigenvalue weighted by Gasteiger charge is -2.24. The first-order valence-electron chi connectivity index (χ1n) is 9.28. The minimum Gasteiger partial charge on any atom is -0.350 e. The van der Waals surface area contributed by atoms with Crippen LogP contribution in [0.4, 0.5) is 10.5 Å². The van der Waals surface area contributed by atoms with Crippen LogP contribution in [0.1, 0.15) is 43.2 Å². The Kier molecular flexibility index (Phi) is 8.44. The van der Waals surface area contributed by atoms with Gasteiger partial charge in [0.15, 0.2) is 0 Å². The van der Waals surface area contributed by atoms with Gasteiger partial charge in [-0.2, -0.15) is 0 Å². The Morgan fingerprint density at radius 1 is 1.21 bits per heavy atom. The van der Waals surface area contributed by atoms with Gasteiger partial charge in [0, 0.05) is 28.6 Å². The van der Waals surface area contributed by atoms with E-state index in [4.69, 9.17) is 0 Å². The van der Waals surface area contributed by atoms with Crippen molar-refractivity contribution in [3.63, 3.8) is 0 Å². The smallest absolute Gasteiger partial charge is 0.322 e. The van der Waals surface area contributed by atoms with Crippen LogP contribution in [0.3, 0.4) is 0 Å². The lowest BCUT2D eigenvalue weighted by Crippen LogP contribution is -2.37. The summed E-state index contributed by atoms with van der Waals surface area (Å²) in [6.45, 7) is 9.77. The van der Waals surface area contributed by atoms with Crippen molar-refractivity contribution in [1.29, 1.82) is 0 Å². The zero-order valence-corrected chi connectivity index (χ0v) is 19.1. The van der Waals surface area contributed by atoms with Gasteiger partial charge in [0.1, 0.15) is 10.7 Å². The molecule has 2 N–H and O–H groups in total. The molecule has 0 saturated heterocycles. The summed E-state index contributed by atoms with van der Waals surface area (Å²) in [5.74, 6) is 0.512. The molecule has 0 spiro atoms. The van der Waals surface area contributed by atoms with Crippen LogP contribution in [-0.2, 0) is 6.54 Å². The van der Waals surface area contributed by atoms with Crippen molar-refractivity contribution >= 4 is 44.9 Å². The summed E-state index contributed by atoms with van der Waals surface area (Å²) in [6.07, 6.45) is 0. The van der Waals surface area contributed by atoms with Crippen LogP contribution in [0.25, 0.3) is 0 Å². The Morgan fingerprint density at radius 2 is 1.96 bits per heavy atom. The molecule has 2 rings (SSSR count). The minimum atomic E-state index is -0.187. The largest absolute Gasteiger partial charge is 0.350 e. The SMILES string of the molecule is CC(C)CNC(=O)c1csc(CN(CC(C)C)C(=O)Nc2cccc(Br)c2)n1. The summed E-state index contributed by atoms with van der Waals surface area (Å²) < 4.78 is 0.901. The first-order valence-corrected chi connectivity index (χ1v) is 11.0. The third kappa shape index (κ3) is 7.24. The quantitative estimate of drug-likeness (QED) is 0.575. The Labute approximate surface area is 178 Å². The molecule has 152 valence electrons. The van der Waals surface area contributed by atoms with Gasteiger partial charge in [-0.1, -0.05) is 49.7 Å². The fourth-order valence-electron chi connectivity index (χ4n) is 2.47. The Bertz CT molecular complexity index is 807. The highest BCUT2D eigenvalue weighted by atomic mass is 79.9. The summed E-state index contributed by atoms with van der Waals surface area (Å²) in [4.78, 5) is 31.1. The zero-order chi connectivity index (χ0) is 20.7. The van der Waals surface area contributed by atoms with Gasteiger partial charge in [0.05, 0.1) is 6.54 Å². The highest BCUT2D eigenvalue weighted by Gasteiger charge is 2.19. The van der Waals surface area contributed by atoms with Crippen LogP contribution >= 0.6 is 27.3 Å². The van der Waals surface area contributed by atoms with Crippen LogP contribution in [-0.4, -0.2) is 34.9 Å². The Morgan fingerprint density at radius 3 is 2.61 bits per heavy atom. The van der Waals surface area contributed by atoms with Crippen molar-refractivity contribution < 1.29 is 9.59 Å². The third-order valence-corrected chi connectivity index (χ3v) is 5.06. The zero-order valence-electron chi connectivity index (χ0n) is 16.7. The van der Waals surface area contributed by atoms with E-state index in [-0.39, 0.29) is 11.9 Å². The summed E-state index contributed by atoms with van der Waals surface area (Å²) in [5, 5.41) is 8.27. The number of urea groups is 1. The molecule has 0 radical (unpaired) electrons. The van der Waals surface area contributed by atoms with Gasteiger partial charge >= 0.3 is 6.03 Å². The number of rotatable bonds is 8. The van der Waals surface area contributed by atoms with Crippen LogP contribution < -0.4 is 10.6 Å². The first-order chi connectivity index (χ1) is 13.2. The average Bonchev–Trinajstić information content (AvgIpc) is 3.07. The topological polar surface area (TPSA) is 74.3 Å². The van der Waals surface area contributed by atoms with Crippen molar-refractivity contribution in [3.8, 4) is 0 Å². The molecule has 3 amide bonds. The van der Waals surface area contributed by atoms with Crippen molar-refractivity contribution in [2.24, 2.45) is 11.8 Å². The van der Waals surface area contributed by atoms with Crippen LogP contribution in [0.15, 0.2) is 34.1 Å². The normalized spacial score (nSPS) is 11.0. The van der Waals surface area contributed by atoms with E-state index in [0.29, 0.717) is 37.2 Å². The van der Waals surface area contributed by atoms with Gasteiger partial charge in [-0.25, -0.2) is 9.78 Å². The maximum absolute atomic E-state index is 12.8. The number of halogens is 1. The molecule has 0 atom stereocenters. The molecule has 28 heavy (non-hydrogen) atoms. The van der Waals surface area contributed by atoms with Crippen molar-refractivity contribution in [2.75, 3.05) is 18.4 Å². The van der Waals surface area contributed by atoms with E-state index >= 15 is 0 Å². The van der Waals surface area contributed by atoms with Crippen molar-refractivity contribution in [2.45, 2.75) is 34.2 Å². The summed E-state index contributed by atoms with van der Waals surface area (Å²) >= 11 is 4.80. The Hall–Kier alpha value is -1.93. The van der Waals surface area contributed by atoms with Gasteiger partial charge < -0.3 is 15.5 Å². The Balaban J connectivity index is 2.05. The van der Waals surface area contributed by atoms with Crippen LogP contribution in [0.2, 0.25) is 0 Å². The highest BCUT2D eigenvalue weighted by molar-refractivity contribution is 9.10. The van der Waals surface area contributed by atoms with E-state index < -0.39 is 0 Å². The average molecular weight is 467 g/mol. The van der Waals surface area contributed by atoms with Gasteiger partial charge in [0.2, 0.25) is 0 Å². The number of nitrogens with zero attached hydrogens (tertiary/aromatic N) is 2. The number of hydrogen-bond acceptors (Lipinski definition) is 4. The first kappa shape index (κ1) is 22.4. The van der Waals surface area contributed by atoms with Gasteiger partial charge in [-0.05, 0) is 30.0 Å². The number of anilines is 1. The summed E-state index contributed by atoms with van der Waals surface area (Å²) in [6, 6.07) is 7.29. The van der Waals surface area contributed by atoms with Crippen LogP contribution in [0.5, 0.6) is 0 Å². The lowest BCUT2D eigenvalue weighted by molar-refractivity contribution is 0.0944. The van der Waals surface area contributed by atoms with E-state index in [0.717, 1.165) is 15.2 Å². The molecule has 6 nitrogen and oxygen atoms in total. The fraction of sp³-hybridized carbons (Fsp3) is 0.450. The van der Waals surface area contributed by atoms with Crippen molar-refractivity contribution in [3.05, 3.63) is 44.8 Å². The second-order valence-corrected chi connectivity index (χ2v) is 9.30. The third-order valence-electron chi connectivity index (χ3n) is 3.73. The molecule has 0 aliphatic heterocycles. The maximum atomic E-state index is 12.8. The second-order valence-electron chi connectivity index (χ2n) is 7.45. The number of aromatic nitrogens is 1. The molecule has 0 saturated carbocycles. The molecule has 0 aliphatic rings. The molecular weight excluding hydrogens is 440 g/mol. The minimum absolute atomic E-state index is 0.176. The molecule has 0 aliphatic carbocycles. The number of hydrogen-bond donors (Lipinski definition) is 2. The molecule has 1 aromatic heterocycles. The van der Waals surface area contributed by atoms with Crippen molar-refractivity contribution in [1.82, 2.24) is 15.2 Å². The predicted octanol–water partition coefficient (Wildman–Crippen LogP) is 4.98. The van der Waals surface area contributed by atoms with E-state index in [1.54, 1.807) is 10.3 Å². The molecule has 2 aromatic rings. The number of carbonyl (C=O) groups excluding carboxylic acids is 2. The molecular formula is C20H27BrN4O2S. The van der Waals surface area contributed by atoms with E-state index in [1.165, 1.54) is 11.3 Å². The predicted molar refractivity (Wildman–Crippen MR) is 118 cm³/mol. The molecule has 1 heterocycles. The number of carbonyl (C=O) groups is 2. The number of thiazole rings is 1. The van der Waals surface area contributed by atoms with Gasteiger partial charge in [-0.15, -0.1) is 11.3 Å².